The van der Waals surface area contributed by atoms with Crippen molar-refractivity contribution < 1.29 is 14.7 Å². The van der Waals surface area contributed by atoms with Crippen LogP contribution in [0.25, 0.3) is 12.2 Å². The predicted octanol–water partition coefficient (Wildman–Crippen LogP) is 4.12. The fourth-order valence-electron chi connectivity index (χ4n) is 2.76. The SMILES string of the molecule is CC1=Cc2ccc(NC/C(C)=C/c3ccc(C(=O)NO)cc3)cc2OC1. The van der Waals surface area contributed by atoms with E-state index >= 15 is 0 Å². The highest BCUT2D eigenvalue weighted by atomic mass is 16.5. The zero-order chi connectivity index (χ0) is 18.5. The first-order valence-electron chi connectivity index (χ1n) is 8.45. The number of hydroxylamine groups is 1. The van der Waals surface area contributed by atoms with Crippen LogP contribution in [-0.4, -0.2) is 24.3 Å². The number of fused-ring (bicyclic) bond motifs is 1. The van der Waals surface area contributed by atoms with Crippen LogP contribution < -0.4 is 15.5 Å². The normalized spacial score (nSPS) is 13.3. The molecular weight excluding hydrogens is 328 g/mol. The summed E-state index contributed by atoms with van der Waals surface area (Å²) in [6, 6.07) is 13.2. The molecule has 0 aliphatic carbocycles. The van der Waals surface area contributed by atoms with Crippen LogP contribution in [-0.2, 0) is 0 Å². The van der Waals surface area contributed by atoms with E-state index in [1.54, 1.807) is 17.6 Å². The minimum atomic E-state index is -0.515. The number of hydrogen-bond acceptors (Lipinski definition) is 4. The molecule has 1 aliphatic rings. The Labute approximate surface area is 153 Å². The molecule has 5 heteroatoms. The summed E-state index contributed by atoms with van der Waals surface area (Å²) >= 11 is 0. The zero-order valence-electron chi connectivity index (χ0n) is 14.9. The van der Waals surface area contributed by atoms with Crippen LogP contribution in [0.1, 0.15) is 35.3 Å². The number of carbonyl (C=O) groups is 1. The third-order valence-electron chi connectivity index (χ3n) is 4.13. The summed E-state index contributed by atoms with van der Waals surface area (Å²) in [5, 5.41) is 12.0. The van der Waals surface area contributed by atoms with Gasteiger partial charge in [0.05, 0.1) is 0 Å². The van der Waals surface area contributed by atoms with Crippen molar-refractivity contribution in [2.45, 2.75) is 13.8 Å². The molecule has 1 aliphatic heterocycles. The zero-order valence-corrected chi connectivity index (χ0v) is 14.9. The molecule has 26 heavy (non-hydrogen) atoms. The molecule has 1 heterocycles. The Hall–Kier alpha value is -3.05. The van der Waals surface area contributed by atoms with Crippen LogP contribution in [0.3, 0.4) is 0 Å². The average Bonchev–Trinajstić information content (AvgIpc) is 2.66. The molecule has 0 radical (unpaired) electrons. The van der Waals surface area contributed by atoms with Crippen molar-refractivity contribution in [2.75, 3.05) is 18.5 Å². The molecule has 5 nitrogen and oxygen atoms in total. The second kappa shape index (κ2) is 7.89. The van der Waals surface area contributed by atoms with Crippen molar-refractivity contribution in [3.63, 3.8) is 0 Å². The summed E-state index contributed by atoms with van der Waals surface area (Å²) in [4.78, 5) is 11.3. The molecule has 134 valence electrons. The van der Waals surface area contributed by atoms with Crippen LogP contribution in [0.5, 0.6) is 5.75 Å². The van der Waals surface area contributed by atoms with Crippen LogP contribution >= 0.6 is 0 Å². The van der Waals surface area contributed by atoms with E-state index in [2.05, 4.69) is 30.5 Å². The molecule has 2 aromatic carbocycles. The Bertz CT molecular complexity index is 867. The molecule has 2 aromatic rings. The molecule has 0 atom stereocenters. The Morgan fingerprint density at radius 1 is 1.23 bits per heavy atom. The van der Waals surface area contributed by atoms with Gasteiger partial charge in [0.25, 0.3) is 5.91 Å². The molecule has 0 bridgehead atoms. The molecule has 3 rings (SSSR count). The lowest BCUT2D eigenvalue weighted by Gasteiger charge is -2.17. The molecule has 1 amide bonds. The molecule has 3 N–H and O–H groups in total. The topological polar surface area (TPSA) is 70.6 Å². The van der Waals surface area contributed by atoms with Gasteiger partial charge >= 0.3 is 0 Å². The van der Waals surface area contributed by atoms with Crippen molar-refractivity contribution in [1.29, 1.82) is 0 Å². The monoisotopic (exact) mass is 350 g/mol. The van der Waals surface area contributed by atoms with E-state index in [1.165, 1.54) is 5.57 Å². The van der Waals surface area contributed by atoms with Crippen molar-refractivity contribution >= 4 is 23.7 Å². The van der Waals surface area contributed by atoms with Gasteiger partial charge in [0, 0.05) is 29.4 Å². The van der Waals surface area contributed by atoms with E-state index in [-0.39, 0.29) is 0 Å². The predicted molar refractivity (Wildman–Crippen MR) is 103 cm³/mol. The average molecular weight is 350 g/mol. The van der Waals surface area contributed by atoms with E-state index in [0.717, 1.165) is 28.1 Å². The number of nitrogens with one attached hydrogen (secondary N) is 2. The number of hydrogen-bond donors (Lipinski definition) is 3. The minimum Gasteiger partial charge on any atom is -0.489 e. The smallest absolute Gasteiger partial charge is 0.274 e. The highest BCUT2D eigenvalue weighted by molar-refractivity contribution is 5.93. The number of ether oxygens (including phenoxy) is 1. The van der Waals surface area contributed by atoms with Gasteiger partial charge in [0.1, 0.15) is 12.4 Å². The lowest BCUT2D eigenvalue weighted by atomic mass is 10.1. The summed E-state index contributed by atoms with van der Waals surface area (Å²) in [6.07, 6.45) is 4.20. The number of anilines is 1. The van der Waals surface area contributed by atoms with Crippen molar-refractivity contribution in [3.05, 3.63) is 70.3 Å². The lowest BCUT2D eigenvalue weighted by molar-refractivity contribution is 0.0706. The molecule has 0 aromatic heterocycles. The largest absolute Gasteiger partial charge is 0.489 e. The number of amides is 1. The summed E-state index contributed by atoms with van der Waals surface area (Å²) < 4.78 is 5.75. The standard InChI is InChI=1S/C21H22N2O3/c1-14(9-16-3-5-17(6-4-16)21(24)23-25)12-22-19-8-7-18-10-15(2)13-26-20(18)11-19/h3-11,22,25H,12-13H2,1-2H3,(H,23,24)/b14-9+. The van der Waals surface area contributed by atoms with E-state index in [4.69, 9.17) is 9.94 Å². The third-order valence-corrected chi connectivity index (χ3v) is 4.13. The third kappa shape index (κ3) is 4.32. The fourth-order valence-corrected chi connectivity index (χ4v) is 2.76. The molecule has 0 saturated heterocycles. The van der Waals surface area contributed by atoms with Crippen LogP contribution in [0.4, 0.5) is 5.69 Å². The number of carbonyl (C=O) groups excluding carboxylic acids is 1. The van der Waals surface area contributed by atoms with Crippen molar-refractivity contribution in [2.24, 2.45) is 0 Å². The Kier molecular flexibility index (Phi) is 5.39. The first kappa shape index (κ1) is 17.8. The maximum atomic E-state index is 11.3. The summed E-state index contributed by atoms with van der Waals surface area (Å²) in [5.41, 5.74) is 7.53. The fraction of sp³-hybridized carbons (Fsp3) is 0.190. The first-order valence-corrected chi connectivity index (χ1v) is 8.45. The van der Waals surface area contributed by atoms with Gasteiger partial charge in [0.15, 0.2) is 0 Å². The van der Waals surface area contributed by atoms with Gasteiger partial charge in [-0.05, 0) is 55.3 Å². The Morgan fingerprint density at radius 2 is 2.00 bits per heavy atom. The molecule has 0 unspecified atom stereocenters. The second-order valence-electron chi connectivity index (χ2n) is 6.44. The molecule has 0 fully saturated rings. The minimum absolute atomic E-state index is 0.416. The quantitative estimate of drug-likeness (QED) is 0.560. The van der Waals surface area contributed by atoms with Crippen molar-refractivity contribution in [1.82, 2.24) is 5.48 Å². The van der Waals surface area contributed by atoms with Gasteiger partial charge in [0.2, 0.25) is 0 Å². The summed E-state index contributed by atoms with van der Waals surface area (Å²) in [6.45, 7) is 5.45. The Balaban J connectivity index is 1.62. The molecule has 0 saturated carbocycles. The van der Waals surface area contributed by atoms with E-state index in [9.17, 15) is 4.79 Å². The van der Waals surface area contributed by atoms with E-state index in [0.29, 0.717) is 18.7 Å². The van der Waals surface area contributed by atoms with Gasteiger partial charge in [-0.2, -0.15) is 0 Å². The maximum absolute atomic E-state index is 11.3. The Morgan fingerprint density at radius 3 is 2.73 bits per heavy atom. The summed E-state index contributed by atoms with van der Waals surface area (Å²) in [5.74, 6) is 0.388. The highest BCUT2D eigenvalue weighted by Gasteiger charge is 2.09. The van der Waals surface area contributed by atoms with Crippen molar-refractivity contribution in [3.8, 4) is 5.75 Å². The van der Waals surface area contributed by atoms with Crippen LogP contribution in [0.15, 0.2) is 53.6 Å². The van der Waals surface area contributed by atoms with Gasteiger partial charge in [-0.15, -0.1) is 0 Å². The first-order chi connectivity index (χ1) is 12.5. The van der Waals surface area contributed by atoms with Crippen LogP contribution in [0, 0.1) is 0 Å². The number of rotatable bonds is 5. The summed E-state index contributed by atoms with van der Waals surface area (Å²) in [7, 11) is 0. The molecule has 0 spiro atoms. The number of benzene rings is 2. The maximum Gasteiger partial charge on any atom is 0.274 e. The van der Waals surface area contributed by atoms with E-state index < -0.39 is 5.91 Å². The van der Waals surface area contributed by atoms with Gasteiger partial charge in [-0.25, -0.2) is 5.48 Å². The van der Waals surface area contributed by atoms with Crippen LogP contribution in [0.2, 0.25) is 0 Å². The molecular formula is C21H22N2O3. The van der Waals surface area contributed by atoms with E-state index in [1.807, 2.05) is 31.2 Å². The van der Waals surface area contributed by atoms with Gasteiger partial charge in [-0.1, -0.05) is 23.8 Å². The van der Waals surface area contributed by atoms with Gasteiger partial charge in [-0.3, -0.25) is 10.0 Å². The highest BCUT2D eigenvalue weighted by Crippen LogP contribution is 2.29. The lowest BCUT2D eigenvalue weighted by Crippen LogP contribution is -2.18. The second-order valence-corrected chi connectivity index (χ2v) is 6.44. The van der Waals surface area contributed by atoms with Gasteiger partial charge < -0.3 is 10.1 Å².